The van der Waals surface area contributed by atoms with Gasteiger partial charge in [-0.1, -0.05) is 24.3 Å². The number of carbonyl (C=O) groups is 1. The zero-order valence-electron chi connectivity index (χ0n) is 13.3. The smallest absolute Gasteiger partial charge is 0.226 e. The van der Waals surface area contributed by atoms with Crippen molar-refractivity contribution in [1.82, 2.24) is 0 Å². The lowest BCUT2D eigenvalue weighted by Gasteiger charge is -2.32. The number of nitrogens with one attached hydrogen (secondary N) is 1. The number of hydrogen-bond donors (Lipinski definition) is 1. The summed E-state index contributed by atoms with van der Waals surface area (Å²) in [5, 5.41) is 2.87. The molecule has 4 heteroatoms. The van der Waals surface area contributed by atoms with Crippen LogP contribution in [0.2, 0.25) is 0 Å². The fourth-order valence-corrected chi connectivity index (χ4v) is 3.13. The third-order valence-corrected chi connectivity index (χ3v) is 4.31. The molecule has 0 saturated heterocycles. The molecular formula is C19H21FN2O. The first-order valence-electron chi connectivity index (χ1n) is 8.03. The molecule has 23 heavy (non-hydrogen) atoms. The van der Waals surface area contributed by atoms with E-state index in [0.29, 0.717) is 18.7 Å². The van der Waals surface area contributed by atoms with Gasteiger partial charge in [0.25, 0.3) is 0 Å². The first-order chi connectivity index (χ1) is 11.1. The van der Waals surface area contributed by atoms with Crippen LogP contribution in [0, 0.1) is 12.7 Å². The predicted octanol–water partition coefficient (Wildman–Crippen LogP) is 3.92. The van der Waals surface area contributed by atoms with Crippen LogP contribution >= 0.6 is 0 Å². The maximum Gasteiger partial charge on any atom is 0.226 e. The van der Waals surface area contributed by atoms with E-state index in [2.05, 4.69) is 5.32 Å². The summed E-state index contributed by atoms with van der Waals surface area (Å²) in [5.74, 6) is -0.231. The molecule has 0 saturated carbocycles. The van der Waals surface area contributed by atoms with Crippen LogP contribution in [0.1, 0.15) is 24.0 Å². The molecule has 0 spiro atoms. The Labute approximate surface area is 136 Å². The van der Waals surface area contributed by atoms with Gasteiger partial charge in [0.1, 0.15) is 5.82 Å². The van der Waals surface area contributed by atoms with Crippen molar-refractivity contribution >= 4 is 17.3 Å². The van der Waals surface area contributed by atoms with E-state index in [9.17, 15) is 9.18 Å². The standard InChI is InChI=1S/C19H21FN2O/c1-14-9-10-17(20)19-16(14)8-5-12-22(19)13-11-18(23)21-15-6-3-2-4-7-15/h2-4,6-7,9-10H,5,8,11-13H2,1H3,(H,21,23). The number of halogens is 1. The van der Waals surface area contributed by atoms with Crippen molar-refractivity contribution in [2.24, 2.45) is 0 Å². The van der Waals surface area contributed by atoms with Crippen LogP contribution in [-0.2, 0) is 11.2 Å². The van der Waals surface area contributed by atoms with E-state index < -0.39 is 0 Å². The fraction of sp³-hybridized carbons (Fsp3) is 0.316. The van der Waals surface area contributed by atoms with Crippen molar-refractivity contribution in [1.29, 1.82) is 0 Å². The van der Waals surface area contributed by atoms with Gasteiger partial charge in [-0.25, -0.2) is 4.39 Å². The number of aryl methyl sites for hydroxylation is 1. The van der Waals surface area contributed by atoms with E-state index in [0.717, 1.165) is 36.2 Å². The number of rotatable bonds is 4. The summed E-state index contributed by atoms with van der Waals surface area (Å²) < 4.78 is 14.2. The zero-order valence-corrected chi connectivity index (χ0v) is 13.3. The first kappa shape index (κ1) is 15.5. The van der Waals surface area contributed by atoms with Gasteiger partial charge in [-0.2, -0.15) is 0 Å². The van der Waals surface area contributed by atoms with E-state index in [4.69, 9.17) is 0 Å². The number of carbonyl (C=O) groups excluding carboxylic acids is 1. The van der Waals surface area contributed by atoms with Crippen LogP contribution in [0.5, 0.6) is 0 Å². The minimum Gasteiger partial charge on any atom is -0.368 e. The number of benzene rings is 2. The summed E-state index contributed by atoms with van der Waals surface area (Å²) in [6.45, 7) is 3.35. The SMILES string of the molecule is Cc1ccc(F)c2c1CCCN2CCC(=O)Nc1ccccc1. The lowest BCUT2D eigenvalue weighted by Crippen LogP contribution is -2.33. The molecular weight excluding hydrogens is 291 g/mol. The van der Waals surface area contributed by atoms with Gasteiger partial charge in [0.2, 0.25) is 5.91 Å². The van der Waals surface area contributed by atoms with Crippen molar-refractivity contribution in [2.75, 3.05) is 23.3 Å². The Morgan fingerprint density at radius 1 is 1.22 bits per heavy atom. The van der Waals surface area contributed by atoms with Gasteiger partial charge in [-0.3, -0.25) is 4.79 Å². The highest BCUT2D eigenvalue weighted by molar-refractivity contribution is 5.91. The van der Waals surface area contributed by atoms with E-state index in [1.807, 2.05) is 48.2 Å². The summed E-state index contributed by atoms with van der Waals surface area (Å²) in [6, 6.07) is 12.7. The van der Waals surface area contributed by atoms with E-state index in [1.165, 1.54) is 6.07 Å². The quantitative estimate of drug-likeness (QED) is 0.928. The molecule has 0 aromatic heterocycles. The maximum absolute atomic E-state index is 14.2. The van der Waals surface area contributed by atoms with E-state index >= 15 is 0 Å². The molecule has 0 radical (unpaired) electrons. The summed E-state index contributed by atoms with van der Waals surface area (Å²) in [5.41, 5.74) is 3.68. The van der Waals surface area contributed by atoms with Gasteiger partial charge < -0.3 is 10.2 Å². The molecule has 3 nitrogen and oxygen atoms in total. The topological polar surface area (TPSA) is 32.3 Å². The van der Waals surface area contributed by atoms with Crippen LogP contribution in [0.15, 0.2) is 42.5 Å². The fourth-order valence-electron chi connectivity index (χ4n) is 3.13. The molecule has 1 aliphatic rings. The average Bonchev–Trinajstić information content (AvgIpc) is 2.57. The van der Waals surface area contributed by atoms with Gasteiger partial charge in [0, 0.05) is 25.2 Å². The number of amides is 1. The molecule has 0 bridgehead atoms. The van der Waals surface area contributed by atoms with Gasteiger partial charge in [-0.15, -0.1) is 0 Å². The van der Waals surface area contributed by atoms with Crippen molar-refractivity contribution in [3.8, 4) is 0 Å². The second-order valence-electron chi connectivity index (χ2n) is 5.95. The normalized spacial score (nSPS) is 13.6. The number of anilines is 2. The Morgan fingerprint density at radius 2 is 2.00 bits per heavy atom. The molecule has 1 N–H and O–H groups in total. The molecule has 0 unspecified atom stereocenters. The maximum atomic E-state index is 14.2. The second kappa shape index (κ2) is 6.82. The predicted molar refractivity (Wildman–Crippen MR) is 91.4 cm³/mol. The van der Waals surface area contributed by atoms with E-state index in [-0.39, 0.29) is 11.7 Å². The van der Waals surface area contributed by atoms with Crippen LogP contribution < -0.4 is 10.2 Å². The van der Waals surface area contributed by atoms with Gasteiger partial charge in [0.15, 0.2) is 0 Å². The number of para-hydroxylation sites is 1. The van der Waals surface area contributed by atoms with Crippen LogP contribution in [0.25, 0.3) is 0 Å². The average molecular weight is 312 g/mol. The zero-order chi connectivity index (χ0) is 16.2. The highest BCUT2D eigenvalue weighted by Crippen LogP contribution is 2.32. The monoisotopic (exact) mass is 312 g/mol. The second-order valence-corrected chi connectivity index (χ2v) is 5.95. The summed E-state index contributed by atoms with van der Waals surface area (Å²) in [7, 11) is 0. The number of nitrogens with zero attached hydrogens (tertiary/aromatic N) is 1. The summed E-state index contributed by atoms with van der Waals surface area (Å²) >= 11 is 0. The molecule has 1 aliphatic heterocycles. The van der Waals surface area contributed by atoms with Crippen molar-refractivity contribution in [2.45, 2.75) is 26.2 Å². The molecule has 1 amide bonds. The Morgan fingerprint density at radius 3 is 2.78 bits per heavy atom. The number of fused-ring (bicyclic) bond motifs is 1. The summed E-state index contributed by atoms with van der Waals surface area (Å²) in [6.07, 6.45) is 2.25. The Balaban J connectivity index is 1.66. The molecule has 0 atom stereocenters. The van der Waals surface area contributed by atoms with Crippen molar-refractivity contribution in [3.63, 3.8) is 0 Å². The summed E-state index contributed by atoms with van der Waals surface area (Å²) in [4.78, 5) is 14.1. The van der Waals surface area contributed by atoms with E-state index in [1.54, 1.807) is 0 Å². The van der Waals surface area contributed by atoms with Crippen LogP contribution in [0.4, 0.5) is 15.8 Å². The largest absolute Gasteiger partial charge is 0.368 e. The third kappa shape index (κ3) is 3.52. The van der Waals surface area contributed by atoms with Crippen molar-refractivity contribution < 1.29 is 9.18 Å². The number of hydrogen-bond acceptors (Lipinski definition) is 2. The van der Waals surface area contributed by atoms with Crippen molar-refractivity contribution in [3.05, 3.63) is 59.4 Å². The molecule has 3 rings (SSSR count). The lowest BCUT2D eigenvalue weighted by atomic mass is 9.96. The first-order valence-corrected chi connectivity index (χ1v) is 8.03. The molecule has 2 aromatic rings. The minimum atomic E-state index is -0.186. The lowest BCUT2D eigenvalue weighted by molar-refractivity contribution is -0.116. The molecule has 1 heterocycles. The Kier molecular flexibility index (Phi) is 4.60. The molecule has 0 fully saturated rings. The highest BCUT2D eigenvalue weighted by atomic mass is 19.1. The Bertz CT molecular complexity index is 700. The highest BCUT2D eigenvalue weighted by Gasteiger charge is 2.22. The Hall–Kier alpha value is -2.36. The van der Waals surface area contributed by atoms with Crippen LogP contribution in [-0.4, -0.2) is 19.0 Å². The third-order valence-electron chi connectivity index (χ3n) is 4.31. The van der Waals surface area contributed by atoms with Crippen LogP contribution in [0.3, 0.4) is 0 Å². The minimum absolute atomic E-state index is 0.0450. The molecule has 2 aromatic carbocycles. The molecule has 0 aliphatic carbocycles. The van der Waals surface area contributed by atoms with Gasteiger partial charge >= 0.3 is 0 Å². The molecule has 120 valence electrons. The van der Waals surface area contributed by atoms with Gasteiger partial charge in [-0.05, 0) is 49.1 Å². The van der Waals surface area contributed by atoms with Gasteiger partial charge in [0.05, 0.1) is 5.69 Å².